The Morgan fingerprint density at radius 2 is 1.96 bits per heavy atom. The Morgan fingerprint density at radius 1 is 1.19 bits per heavy atom. The first-order valence-electron chi connectivity index (χ1n) is 8.10. The van der Waals surface area contributed by atoms with Crippen molar-refractivity contribution in [2.75, 3.05) is 6.61 Å². The molecule has 1 N–H and O–H groups in total. The summed E-state index contributed by atoms with van der Waals surface area (Å²) in [6.07, 6.45) is 1.66. The Balaban J connectivity index is 1.54. The minimum Gasteiger partial charge on any atom is -0.451 e. The maximum atomic E-state index is 12.3. The fourth-order valence-electron chi connectivity index (χ4n) is 2.24. The van der Waals surface area contributed by atoms with Crippen molar-refractivity contribution in [3.05, 3.63) is 69.8 Å². The van der Waals surface area contributed by atoms with E-state index in [9.17, 15) is 9.59 Å². The van der Waals surface area contributed by atoms with Gasteiger partial charge in [0.1, 0.15) is 9.88 Å². The van der Waals surface area contributed by atoms with Gasteiger partial charge in [0, 0.05) is 17.8 Å². The zero-order valence-corrected chi connectivity index (χ0v) is 16.0. The second-order valence-electron chi connectivity index (χ2n) is 5.63. The third-order valence-electron chi connectivity index (χ3n) is 3.60. The van der Waals surface area contributed by atoms with E-state index in [1.54, 1.807) is 25.3 Å². The van der Waals surface area contributed by atoms with Crippen LogP contribution in [0.4, 0.5) is 0 Å². The number of nitrogens with zero attached hydrogens (tertiary/aromatic N) is 2. The molecule has 0 saturated carbocycles. The molecular formula is C19H16ClN3O3S. The topological polar surface area (TPSA) is 81.2 Å². The molecule has 2 aromatic heterocycles. The van der Waals surface area contributed by atoms with Crippen molar-refractivity contribution in [2.24, 2.45) is 0 Å². The standard InChI is InChI=1S/C19H16ClN3O3S/c1-12-17(27-18(23-12)15-4-2-3-9-21-15)19(25)26-11-16(24)22-10-13-5-7-14(20)8-6-13/h2-9H,10-11H2,1H3,(H,22,24). The van der Waals surface area contributed by atoms with Gasteiger partial charge in [0.2, 0.25) is 0 Å². The number of aromatic nitrogens is 2. The summed E-state index contributed by atoms with van der Waals surface area (Å²) in [6.45, 7) is 1.69. The molecule has 6 nitrogen and oxygen atoms in total. The maximum absolute atomic E-state index is 12.3. The summed E-state index contributed by atoms with van der Waals surface area (Å²) in [5.74, 6) is -0.959. The second kappa shape index (κ2) is 8.75. The molecule has 3 aromatic rings. The Kier molecular flexibility index (Phi) is 6.16. The lowest BCUT2D eigenvalue weighted by Crippen LogP contribution is -2.28. The smallest absolute Gasteiger partial charge is 0.350 e. The maximum Gasteiger partial charge on any atom is 0.350 e. The van der Waals surface area contributed by atoms with Gasteiger partial charge in [-0.05, 0) is 36.8 Å². The summed E-state index contributed by atoms with van der Waals surface area (Å²) in [6, 6.07) is 12.6. The van der Waals surface area contributed by atoms with Gasteiger partial charge in [0.05, 0.1) is 11.4 Å². The van der Waals surface area contributed by atoms with E-state index in [1.807, 2.05) is 30.3 Å². The number of thiazole rings is 1. The zero-order chi connectivity index (χ0) is 19.2. The van der Waals surface area contributed by atoms with Crippen LogP contribution in [0.2, 0.25) is 5.02 Å². The van der Waals surface area contributed by atoms with Gasteiger partial charge in [-0.2, -0.15) is 0 Å². The van der Waals surface area contributed by atoms with Gasteiger partial charge in [0.25, 0.3) is 5.91 Å². The van der Waals surface area contributed by atoms with Crippen LogP contribution >= 0.6 is 22.9 Å². The summed E-state index contributed by atoms with van der Waals surface area (Å²) >= 11 is 7.01. The molecule has 0 spiro atoms. The number of aryl methyl sites for hydroxylation is 1. The van der Waals surface area contributed by atoms with Crippen molar-refractivity contribution in [1.29, 1.82) is 0 Å². The Bertz CT molecular complexity index is 943. The van der Waals surface area contributed by atoms with E-state index in [2.05, 4.69) is 15.3 Å². The van der Waals surface area contributed by atoms with Crippen LogP contribution in [0.5, 0.6) is 0 Å². The van der Waals surface area contributed by atoms with Crippen molar-refractivity contribution in [3.8, 4) is 10.7 Å². The normalized spacial score (nSPS) is 10.4. The number of hydrogen-bond acceptors (Lipinski definition) is 6. The summed E-state index contributed by atoms with van der Waals surface area (Å²) in [5.41, 5.74) is 2.13. The lowest BCUT2D eigenvalue weighted by Gasteiger charge is -2.06. The molecule has 0 aliphatic rings. The predicted molar refractivity (Wildman–Crippen MR) is 104 cm³/mol. The fraction of sp³-hybridized carbons (Fsp3) is 0.158. The Hall–Kier alpha value is -2.77. The van der Waals surface area contributed by atoms with Gasteiger partial charge < -0.3 is 10.1 Å². The van der Waals surface area contributed by atoms with Crippen LogP contribution in [0.15, 0.2) is 48.7 Å². The summed E-state index contributed by atoms with van der Waals surface area (Å²) in [7, 11) is 0. The molecule has 0 bridgehead atoms. The number of halogens is 1. The average molecular weight is 402 g/mol. The molecule has 27 heavy (non-hydrogen) atoms. The molecule has 0 fully saturated rings. The minimum absolute atomic E-state index is 0.330. The van der Waals surface area contributed by atoms with Gasteiger partial charge in [-0.1, -0.05) is 29.8 Å². The first-order valence-corrected chi connectivity index (χ1v) is 9.29. The number of carbonyl (C=O) groups excluding carboxylic acids is 2. The lowest BCUT2D eigenvalue weighted by molar-refractivity contribution is -0.124. The van der Waals surface area contributed by atoms with Crippen molar-refractivity contribution in [1.82, 2.24) is 15.3 Å². The van der Waals surface area contributed by atoms with Crippen LogP contribution in [0.25, 0.3) is 10.7 Å². The van der Waals surface area contributed by atoms with Crippen LogP contribution in [0.1, 0.15) is 20.9 Å². The quantitative estimate of drug-likeness (QED) is 0.638. The van der Waals surface area contributed by atoms with E-state index in [4.69, 9.17) is 16.3 Å². The highest BCUT2D eigenvalue weighted by molar-refractivity contribution is 7.17. The fourth-order valence-corrected chi connectivity index (χ4v) is 3.30. The minimum atomic E-state index is -0.575. The summed E-state index contributed by atoms with van der Waals surface area (Å²) in [5, 5.41) is 3.95. The highest BCUT2D eigenvalue weighted by Gasteiger charge is 2.19. The monoisotopic (exact) mass is 401 g/mol. The molecule has 0 atom stereocenters. The van der Waals surface area contributed by atoms with Gasteiger partial charge in [0.15, 0.2) is 6.61 Å². The van der Waals surface area contributed by atoms with E-state index in [1.165, 1.54) is 11.3 Å². The Morgan fingerprint density at radius 3 is 2.67 bits per heavy atom. The van der Waals surface area contributed by atoms with Crippen molar-refractivity contribution in [2.45, 2.75) is 13.5 Å². The molecule has 138 valence electrons. The van der Waals surface area contributed by atoms with E-state index in [0.29, 0.717) is 32.8 Å². The number of pyridine rings is 1. The molecule has 0 aliphatic heterocycles. The van der Waals surface area contributed by atoms with E-state index in [0.717, 1.165) is 5.56 Å². The number of carbonyl (C=O) groups is 2. The molecule has 1 aromatic carbocycles. The molecule has 0 aliphatic carbocycles. The zero-order valence-electron chi connectivity index (χ0n) is 14.4. The summed E-state index contributed by atoms with van der Waals surface area (Å²) in [4.78, 5) is 33.1. The first kappa shape index (κ1) is 19.0. The Labute approximate surface area is 165 Å². The highest BCUT2D eigenvalue weighted by atomic mass is 35.5. The highest BCUT2D eigenvalue weighted by Crippen LogP contribution is 2.26. The molecule has 1 amide bonds. The number of hydrogen-bond donors (Lipinski definition) is 1. The molecular weight excluding hydrogens is 386 g/mol. The number of esters is 1. The third kappa shape index (κ3) is 5.12. The van der Waals surface area contributed by atoms with E-state index < -0.39 is 5.97 Å². The van der Waals surface area contributed by atoms with Crippen molar-refractivity contribution in [3.63, 3.8) is 0 Å². The van der Waals surface area contributed by atoms with Crippen LogP contribution in [-0.2, 0) is 16.1 Å². The van der Waals surface area contributed by atoms with E-state index in [-0.39, 0.29) is 12.5 Å². The molecule has 0 saturated heterocycles. The largest absolute Gasteiger partial charge is 0.451 e. The molecule has 0 unspecified atom stereocenters. The van der Waals surface area contributed by atoms with Crippen LogP contribution in [-0.4, -0.2) is 28.5 Å². The van der Waals surface area contributed by atoms with Crippen molar-refractivity contribution < 1.29 is 14.3 Å². The first-order chi connectivity index (χ1) is 13.0. The van der Waals surface area contributed by atoms with Gasteiger partial charge in [-0.15, -0.1) is 11.3 Å². The van der Waals surface area contributed by atoms with Gasteiger partial charge >= 0.3 is 5.97 Å². The number of amides is 1. The number of nitrogens with one attached hydrogen (secondary N) is 1. The van der Waals surface area contributed by atoms with Crippen LogP contribution < -0.4 is 5.32 Å². The van der Waals surface area contributed by atoms with Crippen LogP contribution in [0.3, 0.4) is 0 Å². The molecule has 2 heterocycles. The molecule has 3 rings (SSSR count). The van der Waals surface area contributed by atoms with Crippen molar-refractivity contribution >= 4 is 34.8 Å². The van der Waals surface area contributed by atoms with Gasteiger partial charge in [-0.25, -0.2) is 9.78 Å². The number of ether oxygens (including phenoxy) is 1. The predicted octanol–water partition coefficient (Wildman–Crippen LogP) is 3.64. The SMILES string of the molecule is Cc1nc(-c2ccccn2)sc1C(=O)OCC(=O)NCc1ccc(Cl)cc1. The number of benzene rings is 1. The second-order valence-corrected chi connectivity index (χ2v) is 7.06. The summed E-state index contributed by atoms with van der Waals surface area (Å²) < 4.78 is 5.11. The van der Waals surface area contributed by atoms with Crippen LogP contribution in [0, 0.1) is 6.92 Å². The number of rotatable bonds is 6. The third-order valence-corrected chi connectivity index (χ3v) is 5.02. The molecule has 0 radical (unpaired) electrons. The average Bonchev–Trinajstić information content (AvgIpc) is 3.08. The van der Waals surface area contributed by atoms with Gasteiger partial charge in [-0.3, -0.25) is 9.78 Å². The molecule has 8 heteroatoms. The lowest BCUT2D eigenvalue weighted by atomic mass is 10.2. The van der Waals surface area contributed by atoms with E-state index >= 15 is 0 Å².